The second kappa shape index (κ2) is 5.53. The first-order chi connectivity index (χ1) is 9.41. The van der Waals surface area contributed by atoms with Crippen molar-refractivity contribution in [3.05, 3.63) is 28.0 Å². The Labute approximate surface area is 118 Å². The zero-order valence-electron chi connectivity index (χ0n) is 10.9. The quantitative estimate of drug-likeness (QED) is 0.604. The van der Waals surface area contributed by atoms with Crippen molar-refractivity contribution in [3.8, 4) is 0 Å². The third-order valence-electron chi connectivity index (χ3n) is 2.85. The van der Waals surface area contributed by atoms with Crippen LogP contribution in [0, 0.1) is 10.1 Å². The van der Waals surface area contributed by atoms with Crippen LogP contribution in [0.4, 0.5) is 5.88 Å². The summed E-state index contributed by atoms with van der Waals surface area (Å²) in [6, 6.07) is 1.81. The maximum Gasteiger partial charge on any atom is 0.433 e. The van der Waals surface area contributed by atoms with Gasteiger partial charge in [0.2, 0.25) is 5.91 Å². The second-order valence-corrected chi connectivity index (χ2v) is 5.42. The van der Waals surface area contributed by atoms with Crippen LogP contribution < -0.4 is 0 Å². The lowest BCUT2D eigenvalue weighted by atomic mass is 10.2. The van der Waals surface area contributed by atoms with E-state index in [4.69, 9.17) is 4.42 Å². The van der Waals surface area contributed by atoms with E-state index in [0.29, 0.717) is 11.6 Å². The molecule has 20 heavy (non-hydrogen) atoms. The molecule has 1 atom stereocenters. The summed E-state index contributed by atoms with van der Waals surface area (Å²) >= 11 is 1.45. The van der Waals surface area contributed by atoms with Gasteiger partial charge in [0.1, 0.15) is 11.0 Å². The van der Waals surface area contributed by atoms with Crippen LogP contribution in [0.1, 0.15) is 10.6 Å². The SMILES string of the molecule is CN(C)C(=O)[C@@H]1CSCN1C(=O)c1ccc([N+](=O)[O-])o1. The second-order valence-electron chi connectivity index (χ2n) is 4.42. The Morgan fingerprint density at radius 2 is 2.20 bits per heavy atom. The van der Waals surface area contributed by atoms with Crippen molar-refractivity contribution in [1.82, 2.24) is 9.80 Å². The Hall–Kier alpha value is -2.03. The number of furan rings is 1. The van der Waals surface area contributed by atoms with Crippen LogP contribution in [-0.2, 0) is 4.79 Å². The van der Waals surface area contributed by atoms with Gasteiger partial charge in [-0.05, 0) is 6.07 Å². The standard InChI is InChI=1S/C11H13N3O5S/c1-12(2)10(15)7-5-20-6-13(7)11(16)8-3-4-9(19-8)14(17)18/h3-4,7H,5-6H2,1-2H3/t7-/m0/s1. The van der Waals surface area contributed by atoms with Crippen LogP contribution >= 0.6 is 11.8 Å². The number of nitro groups is 1. The molecule has 1 aromatic heterocycles. The average Bonchev–Trinajstić information content (AvgIpc) is 3.05. The smallest absolute Gasteiger partial charge is 0.395 e. The number of thioether (sulfide) groups is 1. The number of nitrogens with zero attached hydrogens (tertiary/aromatic N) is 3. The van der Waals surface area contributed by atoms with Gasteiger partial charge in [-0.25, -0.2) is 0 Å². The molecule has 108 valence electrons. The van der Waals surface area contributed by atoms with E-state index >= 15 is 0 Å². The van der Waals surface area contributed by atoms with Gasteiger partial charge in [-0.3, -0.25) is 19.7 Å². The Morgan fingerprint density at radius 3 is 2.75 bits per heavy atom. The fraction of sp³-hybridized carbons (Fsp3) is 0.455. The van der Waals surface area contributed by atoms with Crippen LogP contribution in [0.3, 0.4) is 0 Å². The summed E-state index contributed by atoms with van der Waals surface area (Å²) < 4.78 is 4.88. The molecule has 0 radical (unpaired) electrons. The van der Waals surface area contributed by atoms with Crippen LogP contribution in [0.25, 0.3) is 0 Å². The van der Waals surface area contributed by atoms with Crippen LogP contribution in [0.15, 0.2) is 16.5 Å². The van der Waals surface area contributed by atoms with Gasteiger partial charge in [0, 0.05) is 19.8 Å². The number of likely N-dealkylation sites (N-methyl/N-ethyl adjacent to an activating group) is 1. The molecule has 0 N–H and O–H groups in total. The molecule has 2 heterocycles. The highest BCUT2D eigenvalue weighted by Crippen LogP contribution is 2.26. The Morgan fingerprint density at radius 1 is 1.50 bits per heavy atom. The topological polar surface area (TPSA) is 96.9 Å². The van der Waals surface area contributed by atoms with Crippen molar-refractivity contribution in [1.29, 1.82) is 0 Å². The summed E-state index contributed by atoms with van der Waals surface area (Å²) in [6.07, 6.45) is 0. The zero-order valence-corrected chi connectivity index (χ0v) is 11.8. The molecule has 0 bridgehead atoms. The number of rotatable bonds is 3. The summed E-state index contributed by atoms with van der Waals surface area (Å²) in [4.78, 5) is 36.9. The first kappa shape index (κ1) is 14.4. The molecule has 0 aliphatic carbocycles. The highest BCUT2D eigenvalue weighted by molar-refractivity contribution is 7.99. The van der Waals surface area contributed by atoms with E-state index in [1.54, 1.807) is 14.1 Å². The third kappa shape index (κ3) is 2.62. The molecular weight excluding hydrogens is 286 g/mol. The lowest BCUT2D eigenvalue weighted by molar-refractivity contribution is -0.402. The molecule has 0 spiro atoms. The largest absolute Gasteiger partial charge is 0.433 e. The summed E-state index contributed by atoms with van der Waals surface area (Å²) in [5.41, 5.74) is 0. The van der Waals surface area contributed by atoms with Gasteiger partial charge in [0.25, 0.3) is 5.91 Å². The van der Waals surface area contributed by atoms with Crippen molar-refractivity contribution in [3.63, 3.8) is 0 Å². The minimum absolute atomic E-state index is 0.129. The zero-order chi connectivity index (χ0) is 14.9. The summed E-state index contributed by atoms with van der Waals surface area (Å²) in [6.45, 7) is 0. The molecule has 0 aromatic carbocycles. The molecule has 0 unspecified atom stereocenters. The van der Waals surface area contributed by atoms with E-state index in [1.165, 1.54) is 27.6 Å². The van der Waals surface area contributed by atoms with Crippen molar-refractivity contribution < 1.29 is 18.9 Å². The van der Waals surface area contributed by atoms with Crippen LogP contribution in [-0.4, -0.2) is 58.3 Å². The van der Waals surface area contributed by atoms with Gasteiger partial charge in [-0.1, -0.05) is 0 Å². The minimum Gasteiger partial charge on any atom is -0.395 e. The molecular formula is C11H13N3O5S. The molecule has 8 nitrogen and oxygen atoms in total. The lowest BCUT2D eigenvalue weighted by Crippen LogP contribution is -2.46. The third-order valence-corrected chi connectivity index (χ3v) is 3.86. The molecule has 1 aliphatic rings. The highest BCUT2D eigenvalue weighted by atomic mass is 32.2. The Kier molecular flexibility index (Phi) is 3.98. The normalized spacial score (nSPS) is 18.1. The molecule has 9 heteroatoms. The molecule has 1 fully saturated rings. The maximum atomic E-state index is 12.2. The first-order valence-corrected chi connectivity index (χ1v) is 6.91. The van der Waals surface area contributed by atoms with Crippen molar-refractivity contribution in [2.75, 3.05) is 25.7 Å². The first-order valence-electron chi connectivity index (χ1n) is 5.76. The van der Waals surface area contributed by atoms with E-state index < -0.39 is 22.8 Å². The van der Waals surface area contributed by atoms with Crippen LogP contribution in [0.5, 0.6) is 0 Å². The van der Waals surface area contributed by atoms with Gasteiger partial charge in [0.05, 0.1) is 11.9 Å². The molecule has 1 aliphatic heterocycles. The summed E-state index contributed by atoms with van der Waals surface area (Å²) in [7, 11) is 3.23. The van der Waals surface area contributed by atoms with E-state index in [9.17, 15) is 19.7 Å². The van der Waals surface area contributed by atoms with Gasteiger partial charge in [-0.15, -0.1) is 11.8 Å². The van der Waals surface area contributed by atoms with Crippen molar-refractivity contribution in [2.45, 2.75) is 6.04 Å². The van der Waals surface area contributed by atoms with Crippen molar-refractivity contribution >= 4 is 29.5 Å². The van der Waals surface area contributed by atoms with Crippen molar-refractivity contribution in [2.24, 2.45) is 0 Å². The number of carbonyl (C=O) groups excluding carboxylic acids is 2. The van der Waals surface area contributed by atoms with E-state index in [0.717, 1.165) is 6.07 Å². The van der Waals surface area contributed by atoms with Gasteiger partial charge >= 0.3 is 5.88 Å². The van der Waals surface area contributed by atoms with E-state index in [-0.39, 0.29) is 11.7 Å². The summed E-state index contributed by atoms with van der Waals surface area (Å²) in [5.74, 6) is -0.442. The highest BCUT2D eigenvalue weighted by Gasteiger charge is 2.37. The number of hydrogen-bond donors (Lipinski definition) is 0. The lowest BCUT2D eigenvalue weighted by Gasteiger charge is -2.24. The van der Waals surface area contributed by atoms with Gasteiger partial charge < -0.3 is 14.2 Å². The van der Waals surface area contributed by atoms with Gasteiger partial charge in [0.15, 0.2) is 5.76 Å². The summed E-state index contributed by atoms with van der Waals surface area (Å²) in [5, 5.41) is 10.5. The molecule has 2 amide bonds. The molecule has 1 saturated heterocycles. The molecule has 1 aromatic rings. The number of carbonyl (C=O) groups is 2. The Balaban J connectivity index is 2.18. The van der Waals surface area contributed by atoms with E-state index in [2.05, 4.69) is 0 Å². The molecule has 0 saturated carbocycles. The molecule has 2 rings (SSSR count). The average molecular weight is 299 g/mol. The number of amides is 2. The fourth-order valence-electron chi connectivity index (χ4n) is 1.83. The maximum absolute atomic E-state index is 12.2. The van der Waals surface area contributed by atoms with Gasteiger partial charge in [-0.2, -0.15) is 0 Å². The monoisotopic (exact) mass is 299 g/mol. The van der Waals surface area contributed by atoms with Crippen LogP contribution in [0.2, 0.25) is 0 Å². The minimum atomic E-state index is -0.710. The fourth-order valence-corrected chi connectivity index (χ4v) is 2.97. The Bertz CT molecular complexity index is 556. The number of hydrogen-bond acceptors (Lipinski definition) is 6. The predicted molar refractivity (Wildman–Crippen MR) is 71.3 cm³/mol. The predicted octanol–water partition coefficient (Wildman–Crippen LogP) is 0.791. The van der Waals surface area contributed by atoms with E-state index in [1.807, 2.05) is 0 Å².